The van der Waals surface area contributed by atoms with Crippen LogP contribution in [0.2, 0.25) is 0 Å². The van der Waals surface area contributed by atoms with Crippen LogP contribution in [0.3, 0.4) is 0 Å². The van der Waals surface area contributed by atoms with Crippen LogP contribution in [0.1, 0.15) is 19.8 Å². The van der Waals surface area contributed by atoms with Gasteiger partial charge in [0.15, 0.2) is 0 Å². The standard InChI is InChI=1S/C17H28N2O2.ClH/c1-3-20-16-4-6-17(7-5-16)21-13-12-19-10-8-15(9-11-19)14-18-2;/h4-7,15,18H,3,8-14H2,1-2H3;1H. The van der Waals surface area contributed by atoms with Crippen molar-refractivity contribution in [2.75, 3.05) is 46.4 Å². The van der Waals surface area contributed by atoms with Gasteiger partial charge in [-0.1, -0.05) is 0 Å². The van der Waals surface area contributed by atoms with Crippen LogP contribution < -0.4 is 14.8 Å². The van der Waals surface area contributed by atoms with E-state index in [1.165, 1.54) is 25.9 Å². The maximum Gasteiger partial charge on any atom is 0.119 e. The van der Waals surface area contributed by atoms with Crippen LogP contribution in [-0.4, -0.2) is 51.3 Å². The second kappa shape index (κ2) is 10.7. The molecule has 1 aromatic rings. The molecule has 1 aliphatic rings. The second-order valence-electron chi connectivity index (χ2n) is 5.60. The van der Waals surface area contributed by atoms with Crippen LogP contribution >= 0.6 is 12.4 Å². The van der Waals surface area contributed by atoms with Gasteiger partial charge in [-0.05, 0) is 76.6 Å². The molecule has 1 heterocycles. The molecule has 0 spiro atoms. The summed E-state index contributed by atoms with van der Waals surface area (Å²) in [5, 5.41) is 3.28. The first kappa shape index (κ1) is 19.1. The van der Waals surface area contributed by atoms with Crippen molar-refractivity contribution in [3.05, 3.63) is 24.3 Å². The number of halogens is 1. The fraction of sp³-hybridized carbons (Fsp3) is 0.647. The number of benzene rings is 1. The van der Waals surface area contributed by atoms with Crippen molar-refractivity contribution in [3.8, 4) is 11.5 Å². The van der Waals surface area contributed by atoms with E-state index < -0.39 is 0 Å². The summed E-state index contributed by atoms with van der Waals surface area (Å²) < 4.78 is 11.2. The molecule has 1 saturated heterocycles. The third-order valence-corrected chi connectivity index (χ3v) is 4.01. The largest absolute Gasteiger partial charge is 0.494 e. The van der Waals surface area contributed by atoms with Gasteiger partial charge in [0.05, 0.1) is 6.61 Å². The van der Waals surface area contributed by atoms with E-state index in [2.05, 4.69) is 10.2 Å². The van der Waals surface area contributed by atoms with Crippen LogP contribution in [0.15, 0.2) is 24.3 Å². The van der Waals surface area contributed by atoms with Crippen LogP contribution in [0.4, 0.5) is 0 Å². The van der Waals surface area contributed by atoms with Gasteiger partial charge in [-0.3, -0.25) is 4.90 Å². The van der Waals surface area contributed by atoms with Gasteiger partial charge in [0.2, 0.25) is 0 Å². The zero-order chi connectivity index (χ0) is 14.9. The van der Waals surface area contributed by atoms with Crippen molar-refractivity contribution in [1.29, 1.82) is 0 Å². The van der Waals surface area contributed by atoms with E-state index in [4.69, 9.17) is 9.47 Å². The molecular formula is C17H29ClN2O2. The van der Waals surface area contributed by atoms with Crippen molar-refractivity contribution in [3.63, 3.8) is 0 Å². The topological polar surface area (TPSA) is 33.7 Å². The van der Waals surface area contributed by atoms with Crippen LogP contribution in [0.5, 0.6) is 11.5 Å². The summed E-state index contributed by atoms with van der Waals surface area (Å²) in [6.07, 6.45) is 2.59. The molecule has 0 amide bonds. The van der Waals surface area contributed by atoms with Gasteiger partial charge in [-0.15, -0.1) is 12.4 Å². The summed E-state index contributed by atoms with van der Waals surface area (Å²) in [5.41, 5.74) is 0. The molecule has 0 unspecified atom stereocenters. The van der Waals surface area contributed by atoms with Gasteiger partial charge in [0, 0.05) is 6.54 Å². The smallest absolute Gasteiger partial charge is 0.119 e. The number of ether oxygens (including phenoxy) is 2. The molecule has 0 bridgehead atoms. The molecule has 126 valence electrons. The molecule has 4 nitrogen and oxygen atoms in total. The number of nitrogens with zero attached hydrogens (tertiary/aromatic N) is 1. The van der Waals surface area contributed by atoms with Crippen molar-refractivity contribution < 1.29 is 9.47 Å². The number of likely N-dealkylation sites (tertiary alicyclic amines) is 1. The summed E-state index contributed by atoms with van der Waals surface area (Å²) in [6.45, 7) is 7.99. The molecule has 2 rings (SSSR count). The van der Waals surface area contributed by atoms with Gasteiger partial charge < -0.3 is 14.8 Å². The van der Waals surface area contributed by atoms with E-state index in [-0.39, 0.29) is 12.4 Å². The zero-order valence-corrected chi connectivity index (χ0v) is 14.5. The third-order valence-electron chi connectivity index (χ3n) is 4.01. The van der Waals surface area contributed by atoms with Crippen LogP contribution in [0, 0.1) is 5.92 Å². The Bertz CT molecular complexity index is 392. The van der Waals surface area contributed by atoms with E-state index in [0.29, 0.717) is 6.61 Å². The van der Waals surface area contributed by atoms with Gasteiger partial charge in [0.25, 0.3) is 0 Å². The minimum atomic E-state index is 0. The van der Waals surface area contributed by atoms with Gasteiger partial charge >= 0.3 is 0 Å². The Morgan fingerprint density at radius 3 is 2.23 bits per heavy atom. The van der Waals surface area contributed by atoms with Gasteiger partial charge in [0.1, 0.15) is 18.1 Å². The highest BCUT2D eigenvalue weighted by atomic mass is 35.5. The molecular weight excluding hydrogens is 300 g/mol. The molecule has 0 aliphatic carbocycles. The Hall–Kier alpha value is -0.970. The highest BCUT2D eigenvalue weighted by molar-refractivity contribution is 5.85. The predicted octanol–water partition coefficient (Wildman–Crippen LogP) is 2.82. The lowest BCUT2D eigenvalue weighted by molar-refractivity contribution is 0.154. The third kappa shape index (κ3) is 6.42. The quantitative estimate of drug-likeness (QED) is 0.795. The molecule has 22 heavy (non-hydrogen) atoms. The minimum absolute atomic E-state index is 0. The van der Waals surface area contributed by atoms with Crippen molar-refractivity contribution >= 4 is 12.4 Å². The first-order valence-corrected chi connectivity index (χ1v) is 8.04. The average Bonchev–Trinajstić information content (AvgIpc) is 2.51. The predicted molar refractivity (Wildman–Crippen MR) is 93.4 cm³/mol. The van der Waals surface area contributed by atoms with E-state index in [9.17, 15) is 0 Å². The Balaban J connectivity index is 0.00000242. The highest BCUT2D eigenvalue weighted by Crippen LogP contribution is 2.18. The first-order chi connectivity index (χ1) is 10.3. The number of hydrogen-bond acceptors (Lipinski definition) is 4. The van der Waals surface area contributed by atoms with Crippen molar-refractivity contribution in [1.82, 2.24) is 10.2 Å². The Kier molecular flexibility index (Phi) is 9.28. The summed E-state index contributed by atoms with van der Waals surface area (Å²) in [4.78, 5) is 2.50. The molecule has 0 saturated carbocycles. The second-order valence-corrected chi connectivity index (χ2v) is 5.60. The number of nitrogens with one attached hydrogen (secondary N) is 1. The van der Waals surface area contributed by atoms with Crippen molar-refractivity contribution in [2.24, 2.45) is 5.92 Å². The zero-order valence-electron chi connectivity index (χ0n) is 13.7. The maximum atomic E-state index is 5.81. The fourth-order valence-electron chi connectivity index (χ4n) is 2.79. The number of piperidine rings is 1. The lowest BCUT2D eigenvalue weighted by Crippen LogP contribution is -2.38. The molecule has 1 N–H and O–H groups in total. The summed E-state index contributed by atoms with van der Waals surface area (Å²) in [6, 6.07) is 7.87. The SMILES string of the molecule is CCOc1ccc(OCCN2CCC(CNC)CC2)cc1.Cl. The van der Waals surface area contributed by atoms with E-state index in [1.54, 1.807) is 0 Å². The highest BCUT2D eigenvalue weighted by Gasteiger charge is 2.18. The summed E-state index contributed by atoms with van der Waals surface area (Å²) in [7, 11) is 2.04. The molecule has 0 aromatic heterocycles. The molecule has 1 aliphatic heterocycles. The van der Waals surface area contributed by atoms with E-state index >= 15 is 0 Å². The molecule has 0 atom stereocenters. The Morgan fingerprint density at radius 2 is 1.68 bits per heavy atom. The van der Waals surface area contributed by atoms with E-state index in [0.717, 1.165) is 37.1 Å². The maximum absolute atomic E-state index is 5.81. The number of hydrogen-bond donors (Lipinski definition) is 1. The molecule has 5 heteroatoms. The van der Waals surface area contributed by atoms with Gasteiger partial charge in [-0.2, -0.15) is 0 Å². The first-order valence-electron chi connectivity index (χ1n) is 8.04. The van der Waals surface area contributed by atoms with Gasteiger partial charge in [-0.25, -0.2) is 0 Å². The molecule has 1 fully saturated rings. The Morgan fingerprint density at radius 1 is 1.09 bits per heavy atom. The number of rotatable bonds is 8. The monoisotopic (exact) mass is 328 g/mol. The normalized spacial score (nSPS) is 16.1. The van der Waals surface area contributed by atoms with Crippen LogP contribution in [0.25, 0.3) is 0 Å². The average molecular weight is 329 g/mol. The van der Waals surface area contributed by atoms with Crippen molar-refractivity contribution in [2.45, 2.75) is 19.8 Å². The molecule has 1 aromatic carbocycles. The molecule has 0 radical (unpaired) electrons. The Labute approximate surface area is 140 Å². The lowest BCUT2D eigenvalue weighted by atomic mass is 9.97. The van der Waals surface area contributed by atoms with E-state index in [1.807, 2.05) is 38.2 Å². The minimum Gasteiger partial charge on any atom is -0.494 e. The lowest BCUT2D eigenvalue weighted by Gasteiger charge is -2.31. The van der Waals surface area contributed by atoms with Crippen LogP contribution in [-0.2, 0) is 0 Å². The summed E-state index contributed by atoms with van der Waals surface area (Å²) in [5.74, 6) is 2.67. The summed E-state index contributed by atoms with van der Waals surface area (Å²) >= 11 is 0. The fourth-order valence-corrected chi connectivity index (χ4v) is 2.79.